The molecule has 0 spiro atoms. The maximum absolute atomic E-state index is 5.31. The topological polar surface area (TPSA) is 26.2 Å². The van der Waals surface area contributed by atoms with Gasteiger partial charge in [-0.15, -0.1) is 0 Å². The van der Waals surface area contributed by atoms with E-state index in [0.717, 1.165) is 18.8 Å². The maximum Gasteiger partial charge on any atom is 0.119 e. The van der Waals surface area contributed by atoms with Crippen molar-refractivity contribution in [2.75, 3.05) is 13.7 Å². The molecule has 1 aromatic heterocycles. The van der Waals surface area contributed by atoms with Crippen molar-refractivity contribution < 1.29 is 4.74 Å². The quantitative estimate of drug-likeness (QED) is 0.876. The number of aryl methyl sites for hydroxylation is 1. The third kappa shape index (κ3) is 2.02. The van der Waals surface area contributed by atoms with E-state index in [1.165, 1.54) is 17.7 Å². The minimum absolute atomic E-state index is 0.262. The first kappa shape index (κ1) is 11.4. The van der Waals surface area contributed by atoms with E-state index in [-0.39, 0.29) is 6.04 Å². The number of nitrogens with one attached hydrogen (secondary N) is 1. The largest absolute Gasteiger partial charge is 0.497 e. The highest BCUT2D eigenvalue weighted by Crippen LogP contribution is 2.27. The summed E-state index contributed by atoms with van der Waals surface area (Å²) in [6.45, 7) is 2.14. The molecule has 1 aliphatic rings. The average molecular weight is 242 g/mol. The summed E-state index contributed by atoms with van der Waals surface area (Å²) >= 11 is 0. The predicted molar refractivity (Wildman–Crippen MR) is 71.9 cm³/mol. The van der Waals surface area contributed by atoms with Gasteiger partial charge in [0.1, 0.15) is 5.75 Å². The Balaban J connectivity index is 2.00. The van der Waals surface area contributed by atoms with Gasteiger partial charge in [-0.05, 0) is 42.8 Å². The van der Waals surface area contributed by atoms with Gasteiger partial charge in [-0.1, -0.05) is 12.1 Å². The molecular formula is C15H18N2O. The van der Waals surface area contributed by atoms with Crippen molar-refractivity contribution in [1.82, 2.24) is 9.88 Å². The summed E-state index contributed by atoms with van der Waals surface area (Å²) in [5, 5.41) is 3.62. The summed E-state index contributed by atoms with van der Waals surface area (Å²) in [5.74, 6) is 0.914. The van der Waals surface area contributed by atoms with E-state index < -0.39 is 0 Å². The average Bonchev–Trinajstić information content (AvgIpc) is 2.78. The highest BCUT2D eigenvalue weighted by atomic mass is 16.5. The van der Waals surface area contributed by atoms with Crippen LogP contribution in [0, 0.1) is 0 Å². The molecule has 3 heteroatoms. The van der Waals surface area contributed by atoms with Crippen LogP contribution in [0.5, 0.6) is 5.75 Å². The fourth-order valence-corrected chi connectivity index (χ4v) is 2.60. The van der Waals surface area contributed by atoms with E-state index in [1.54, 1.807) is 7.11 Å². The molecular weight excluding hydrogens is 224 g/mol. The molecule has 1 aliphatic heterocycles. The molecule has 2 aromatic rings. The molecule has 0 fully saturated rings. The molecule has 1 N–H and O–H groups in total. The Kier molecular flexibility index (Phi) is 3.07. The van der Waals surface area contributed by atoms with Crippen LogP contribution in [-0.2, 0) is 6.54 Å². The van der Waals surface area contributed by atoms with Crippen LogP contribution in [0.2, 0.25) is 0 Å². The zero-order valence-corrected chi connectivity index (χ0v) is 10.6. The molecule has 0 bridgehead atoms. The number of rotatable bonds is 2. The highest BCUT2D eigenvalue weighted by molar-refractivity contribution is 5.35. The lowest BCUT2D eigenvalue weighted by Gasteiger charge is -2.18. The second kappa shape index (κ2) is 4.86. The van der Waals surface area contributed by atoms with Crippen molar-refractivity contribution in [3.8, 4) is 5.75 Å². The normalized spacial score (nSPS) is 19.1. The minimum Gasteiger partial charge on any atom is -0.497 e. The van der Waals surface area contributed by atoms with Crippen LogP contribution in [0.4, 0.5) is 0 Å². The minimum atomic E-state index is 0.262. The van der Waals surface area contributed by atoms with Crippen LogP contribution >= 0.6 is 0 Å². The van der Waals surface area contributed by atoms with Gasteiger partial charge in [0.15, 0.2) is 0 Å². The first-order valence-electron chi connectivity index (χ1n) is 6.41. The number of nitrogens with zero attached hydrogens (tertiary/aromatic N) is 1. The third-order valence-corrected chi connectivity index (χ3v) is 3.51. The number of methoxy groups -OCH3 is 1. The summed E-state index contributed by atoms with van der Waals surface area (Å²) in [4.78, 5) is 0. The highest BCUT2D eigenvalue weighted by Gasteiger charge is 2.19. The molecule has 1 unspecified atom stereocenters. The van der Waals surface area contributed by atoms with E-state index in [4.69, 9.17) is 4.74 Å². The lowest BCUT2D eigenvalue weighted by atomic mass is 10.0. The summed E-state index contributed by atoms with van der Waals surface area (Å²) in [5.41, 5.74) is 2.59. The van der Waals surface area contributed by atoms with Gasteiger partial charge in [-0.3, -0.25) is 0 Å². The van der Waals surface area contributed by atoms with Crippen molar-refractivity contribution in [3.05, 3.63) is 53.9 Å². The Bertz CT molecular complexity index is 533. The molecule has 0 aliphatic carbocycles. The van der Waals surface area contributed by atoms with Crippen molar-refractivity contribution in [1.29, 1.82) is 0 Å². The first-order valence-corrected chi connectivity index (χ1v) is 6.41. The number of benzene rings is 1. The Morgan fingerprint density at radius 3 is 3.11 bits per heavy atom. The van der Waals surface area contributed by atoms with Crippen LogP contribution in [0.25, 0.3) is 0 Å². The van der Waals surface area contributed by atoms with E-state index in [1.807, 2.05) is 12.1 Å². The monoisotopic (exact) mass is 242 g/mol. The van der Waals surface area contributed by atoms with Crippen molar-refractivity contribution in [3.63, 3.8) is 0 Å². The molecule has 0 radical (unpaired) electrons. The van der Waals surface area contributed by atoms with Gasteiger partial charge in [0.05, 0.1) is 13.2 Å². The van der Waals surface area contributed by atoms with Gasteiger partial charge in [-0.25, -0.2) is 0 Å². The van der Waals surface area contributed by atoms with Crippen molar-refractivity contribution in [2.24, 2.45) is 0 Å². The predicted octanol–water partition coefficient (Wildman–Crippen LogP) is 2.58. The van der Waals surface area contributed by atoms with E-state index >= 15 is 0 Å². The number of hydrogen-bond acceptors (Lipinski definition) is 2. The second-order valence-corrected chi connectivity index (χ2v) is 4.64. The van der Waals surface area contributed by atoms with Gasteiger partial charge in [0, 0.05) is 18.4 Å². The molecule has 94 valence electrons. The molecule has 0 saturated heterocycles. The summed E-state index contributed by atoms with van der Waals surface area (Å²) in [7, 11) is 1.71. The Hall–Kier alpha value is -1.74. The van der Waals surface area contributed by atoms with Gasteiger partial charge >= 0.3 is 0 Å². The number of hydrogen-bond donors (Lipinski definition) is 1. The van der Waals surface area contributed by atoms with Gasteiger partial charge in [0.2, 0.25) is 0 Å². The molecule has 1 aromatic carbocycles. The van der Waals surface area contributed by atoms with Crippen LogP contribution in [-0.4, -0.2) is 18.2 Å². The van der Waals surface area contributed by atoms with Gasteiger partial charge in [-0.2, -0.15) is 0 Å². The van der Waals surface area contributed by atoms with Crippen LogP contribution < -0.4 is 10.1 Å². The van der Waals surface area contributed by atoms with Gasteiger partial charge < -0.3 is 14.6 Å². The summed E-state index contributed by atoms with van der Waals surface area (Å²) in [6, 6.07) is 12.9. The zero-order chi connectivity index (χ0) is 12.4. The fraction of sp³-hybridized carbons (Fsp3) is 0.333. The van der Waals surface area contributed by atoms with Crippen molar-refractivity contribution >= 4 is 0 Å². The lowest BCUT2D eigenvalue weighted by Crippen LogP contribution is -2.22. The van der Waals surface area contributed by atoms with Gasteiger partial charge in [0.25, 0.3) is 0 Å². The number of aromatic nitrogens is 1. The van der Waals surface area contributed by atoms with E-state index in [9.17, 15) is 0 Å². The fourth-order valence-electron chi connectivity index (χ4n) is 2.60. The zero-order valence-electron chi connectivity index (χ0n) is 10.6. The third-order valence-electron chi connectivity index (χ3n) is 3.51. The number of fused-ring (bicyclic) bond motifs is 1. The van der Waals surface area contributed by atoms with Crippen LogP contribution in [0.15, 0.2) is 42.6 Å². The van der Waals surface area contributed by atoms with Crippen molar-refractivity contribution in [2.45, 2.75) is 19.0 Å². The Labute approximate surface area is 107 Å². The smallest absolute Gasteiger partial charge is 0.119 e. The summed E-state index contributed by atoms with van der Waals surface area (Å²) < 4.78 is 7.65. The van der Waals surface area contributed by atoms with E-state index in [0.29, 0.717) is 0 Å². The lowest BCUT2D eigenvalue weighted by molar-refractivity contribution is 0.413. The standard InChI is InChI=1S/C15H18N2O/c1-18-13-6-2-5-12(11-13)15-14-7-3-9-17(14)10-4-8-16-15/h2-3,5-7,9,11,15-16H,4,8,10H2,1H3. The Morgan fingerprint density at radius 2 is 2.22 bits per heavy atom. The van der Waals surface area contributed by atoms with Crippen LogP contribution in [0.1, 0.15) is 23.7 Å². The molecule has 0 saturated carbocycles. The van der Waals surface area contributed by atoms with Crippen LogP contribution in [0.3, 0.4) is 0 Å². The SMILES string of the molecule is COc1cccc(C2NCCCn3cccc32)c1. The maximum atomic E-state index is 5.31. The molecule has 0 amide bonds. The number of ether oxygens (including phenoxy) is 1. The Morgan fingerprint density at radius 1 is 1.28 bits per heavy atom. The summed E-state index contributed by atoms with van der Waals surface area (Å²) in [6.07, 6.45) is 3.33. The second-order valence-electron chi connectivity index (χ2n) is 4.64. The molecule has 2 heterocycles. The first-order chi connectivity index (χ1) is 8.88. The molecule has 3 nitrogen and oxygen atoms in total. The van der Waals surface area contributed by atoms with E-state index in [2.05, 4.69) is 40.3 Å². The molecule has 3 rings (SSSR count). The molecule has 18 heavy (non-hydrogen) atoms. The molecule has 1 atom stereocenters.